The van der Waals surface area contributed by atoms with Crippen LogP contribution in [0.25, 0.3) is 9.75 Å². The molecule has 2 aromatic rings. The first kappa shape index (κ1) is 43.3. The van der Waals surface area contributed by atoms with Crippen LogP contribution < -0.4 is 18.9 Å². The van der Waals surface area contributed by atoms with E-state index in [-0.39, 0.29) is 10.8 Å². The quantitative estimate of drug-likeness (QED) is 0.0774. The summed E-state index contributed by atoms with van der Waals surface area (Å²) in [5.74, 6) is 3.70. The molecular weight excluding hydrogens is 681 g/mol. The molecular formula is C46H78O4S2. The number of fused-ring (bicyclic) bond motifs is 2. The van der Waals surface area contributed by atoms with Gasteiger partial charge in [-0.1, -0.05) is 182 Å². The molecule has 0 fully saturated rings. The first-order chi connectivity index (χ1) is 25.6. The van der Waals surface area contributed by atoms with Crippen LogP contribution in [0.1, 0.15) is 207 Å². The van der Waals surface area contributed by atoms with E-state index in [1.54, 1.807) is 22.7 Å². The fourth-order valence-corrected chi connectivity index (χ4v) is 10.4. The second-order valence-corrected chi connectivity index (χ2v) is 18.5. The van der Waals surface area contributed by atoms with Crippen molar-refractivity contribution in [3.05, 3.63) is 10.8 Å². The number of thiophene rings is 2. The van der Waals surface area contributed by atoms with Gasteiger partial charge in [0.1, 0.15) is 0 Å². The minimum absolute atomic E-state index is 0.0854. The second kappa shape index (κ2) is 24.9. The molecule has 0 atom stereocenters. The Balaban J connectivity index is 1.43. The molecule has 4 rings (SSSR count). The maximum absolute atomic E-state index is 6.90. The third-order valence-electron chi connectivity index (χ3n) is 12.0. The third-order valence-corrected chi connectivity index (χ3v) is 14.0. The zero-order chi connectivity index (χ0) is 36.7. The zero-order valence-electron chi connectivity index (χ0n) is 34.2. The summed E-state index contributed by atoms with van der Waals surface area (Å²) in [5.41, 5.74) is 0.171. The molecule has 0 spiro atoms. The van der Waals surface area contributed by atoms with Gasteiger partial charge in [0.05, 0.1) is 36.2 Å². The van der Waals surface area contributed by atoms with Gasteiger partial charge in [-0.2, -0.15) is 0 Å². The molecule has 0 amide bonds. The van der Waals surface area contributed by atoms with Gasteiger partial charge in [-0.05, 0) is 25.7 Å². The van der Waals surface area contributed by atoms with Crippen molar-refractivity contribution in [3.8, 4) is 32.8 Å². The van der Waals surface area contributed by atoms with E-state index in [4.69, 9.17) is 18.9 Å². The molecule has 0 N–H and O–H groups in total. The van der Waals surface area contributed by atoms with Crippen LogP contribution in [0.5, 0.6) is 23.0 Å². The van der Waals surface area contributed by atoms with Crippen molar-refractivity contribution in [2.75, 3.05) is 26.4 Å². The summed E-state index contributed by atoms with van der Waals surface area (Å²) in [6.07, 6.45) is 36.7. The van der Waals surface area contributed by atoms with Gasteiger partial charge in [-0.25, -0.2) is 0 Å². The van der Waals surface area contributed by atoms with Gasteiger partial charge >= 0.3 is 0 Å². The molecule has 0 aromatic carbocycles. The highest BCUT2D eigenvalue weighted by Crippen LogP contribution is 2.55. The Hall–Kier alpha value is -1.40. The average Bonchev–Trinajstić information content (AvgIpc) is 3.65. The fraction of sp³-hybridized carbons (Fsp3) is 0.826. The van der Waals surface area contributed by atoms with Crippen LogP contribution in [0.4, 0.5) is 0 Å². The van der Waals surface area contributed by atoms with Crippen LogP contribution in [0, 0.1) is 10.8 Å². The van der Waals surface area contributed by atoms with Crippen molar-refractivity contribution in [2.45, 2.75) is 207 Å². The van der Waals surface area contributed by atoms with Gasteiger partial charge < -0.3 is 18.9 Å². The predicted octanol–water partition coefficient (Wildman–Crippen LogP) is 16.0. The van der Waals surface area contributed by atoms with Gasteiger partial charge in [0.25, 0.3) is 0 Å². The highest BCUT2D eigenvalue weighted by atomic mass is 32.1. The third kappa shape index (κ3) is 14.0. The van der Waals surface area contributed by atoms with Gasteiger partial charge in [0, 0.05) is 21.6 Å². The minimum atomic E-state index is 0.0854. The van der Waals surface area contributed by atoms with Crippen molar-refractivity contribution in [2.24, 2.45) is 10.8 Å². The van der Waals surface area contributed by atoms with Crippen LogP contribution >= 0.6 is 22.7 Å². The molecule has 4 heterocycles. The van der Waals surface area contributed by atoms with E-state index in [9.17, 15) is 0 Å². The van der Waals surface area contributed by atoms with E-state index < -0.39 is 0 Å². The highest BCUT2D eigenvalue weighted by Gasteiger charge is 2.39. The number of hydrogen-bond acceptors (Lipinski definition) is 6. The molecule has 2 aliphatic heterocycles. The van der Waals surface area contributed by atoms with Gasteiger partial charge in [0.2, 0.25) is 0 Å². The maximum atomic E-state index is 6.90. The number of rotatable bonds is 29. The van der Waals surface area contributed by atoms with Crippen LogP contribution in [0.3, 0.4) is 0 Å². The maximum Gasteiger partial charge on any atom is 0.180 e. The average molecular weight is 759 g/mol. The van der Waals surface area contributed by atoms with Crippen LogP contribution in [-0.4, -0.2) is 26.4 Å². The Labute approximate surface area is 328 Å². The van der Waals surface area contributed by atoms with E-state index in [1.807, 2.05) is 0 Å². The molecule has 298 valence electrons. The summed E-state index contributed by atoms with van der Waals surface area (Å²) in [7, 11) is 0. The number of hydrogen-bond donors (Lipinski definition) is 0. The Morgan fingerprint density at radius 3 is 0.962 bits per heavy atom. The molecule has 0 saturated heterocycles. The van der Waals surface area contributed by atoms with Crippen molar-refractivity contribution >= 4 is 22.7 Å². The Kier molecular flexibility index (Phi) is 20.7. The number of unbranched alkanes of at least 4 members (excludes halogenated alkanes) is 20. The smallest absolute Gasteiger partial charge is 0.180 e. The lowest BCUT2D eigenvalue weighted by molar-refractivity contribution is 0.0779. The van der Waals surface area contributed by atoms with Gasteiger partial charge in [-0.3, -0.25) is 0 Å². The predicted molar refractivity (Wildman–Crippen MR) is 226 cm³/mol. The molecule has 0 aliphatic carbocycles. The standard InChI is InChI=1S/C46H78O4S2/c1-5-9-13-17-21-25-29-45(30-26-22-18-14-10-6-2)35-47-39-33-51-43(41(39)49-37-45)44-42-40(34-52-44)48-36-46(38-50-42,31-27-23-19-15-11-7-3)32-28-24-20-16-12-8-4/h33-34H,5-32,35-38H2,1-4H3. The molecule has 2 aliphatic rings. The lowest BCUT2D eigenvalue weighted by Gasteiger charge is -2.31. The molecule has 4 nitrogen and oxygen atoms in total. The van der Waals surface area contributed by atoms with Crippen molar-refractivity contribution in [3.63, 3.8) is 0 Å². The van der Waals surface area contributed by atoms with Gasteiger partial charge in [-0.15, -0.1) is 22.7 Å². The lowest BCUT2D eigenvalue weighted by Crippen LogP contribution is -2.34. The van der Waals surface area contributed by atoms with E-state index in [2.05, 4.69) is 38.5 Å². The van der Waals surface area contributed by atoms with E-state index in [0.29, 0.717) is 0 Å². The summed E-state index contributed by atoms with van der Waals surface area (Å²) in [5, 5.41) is 4.36. The Morgan fingerprint density at radius 2 is 0.654 bits per heavy atom. The largest absolute Gasteiger partial charge is 0.488 e. The zero-order valence-corrected chi connectivity index (χ0v) is 35.9. The SMILES string of the molecule is CCCCCCCCC1(CCCCCCCC)COc2csc(-c3scc4c3OCC(CCCCCCCC)(CCCCCCCC)CO4)c2OC1. The topological polar surface area (TPSA) is 36.9 Å². The molecule has 0 unspecified atom stereocenters. The van der Waals surface area contributed by atoms with E-state index in [1.165, 1.54) is 180 Å². The molecule has 6 heteroatoms. The molecule has 0 radical (unpaired) electrons. The van der Waals surface area contributed by atoms with Crippen molar-refractivity contribution in [1.29, 1.82) is 0 Å². The molecule has 0 saturated carbocycles. The summed E-state index contributed by atoms with van der Waals surface area (Å²) in [4.78, 5) is 2.30. The first-order valence-electron chi connectivity index (χ1n) is 22.3. The first-order valence-corrected chi connectivity index (χ1v) is 24.1. The van der Waals surface area contributed by atoms with E-state index in [0.717, 1.165) is 59.2 Å². The lowest BCUT2D eigenvalue weighted by atomic mass is 9.79. The molecule has 52 heavy (non-hydrogen) atoms. The van der Waals surface area contributed by atoms with Crippen LogP contribution in [0.2, 0.25) is 0 Å². The Morgan fingerprint density at radius 1 is 0.385 bits per heavy atom. The highest BCUT2D eigenvalue weighted by molar-refractivity contribution is 7.21. The second-order valence-electron chi connectivity index (χ2n) is 16.7. The van der Waals surface area contributed by atoms with Crippen molar-refractivity contribution < 1.29 is 18.9 Å². The van der Waals surface area contributed by atoms with Crippen LogP contribution in [0.15, 0.2) is 10.8 Å². The minimum Gasteiger partial charge on any atom is -0.488 e. The fourth-order valence-electron chi connectivity index (χ4n) is 8.39. The molecule has 0 bridgehead atoms. The summed E-state index contributed by atoms with van der Waals surface area (Å²) < 4.78 is 27.2. The van der Waals surface area contributed by atoms with E-state index >= 15 is 0 Å². The molecule has 2 aromatic heterocycles. The van der Waals surface area contributed by atoms with Gasteiger partial charge in [0.15, 0.2) is 23.0 Å². The number of ether oxygens (including phenoxy) is 4. The normalized spacial score (nSPS) is 16.2. The summed E-state index contributed by atoms with van der Waals surface area (Å²) >= 11 is 3.48. The summed E-state index contributed by atoms with van der Waals surface area (Å²) in [6.45, 7) is 12.2. The van der Waals surface area contributed by atoms with Crippen molar-refractivity contribution in [1.82, 2.24) is 0 Å². The summed E-state index contributed by atoms with van der Waals surface area (Å²) in [6, 6.07) is 0. The van der Waals surface area contributed by atoms with Crippen LogP contribution in [-0.2, 0) is 0 Å². The Bertz CT molecular complexity index is 1080. The monoisotopic (exact) mass is 759 g/mol.